The number of hydrogen-bond acceptors (Lipinski definition) is 5. The van der Waals surface area contributed by atoms with Crippen molar-refractivity contribution in [2.75, 3.05) is 6.54 Å². The van der Waals surface area contributed by atoms with Crippen LogP contribution in [0.5, 0.6) is 0 Å². The van der Waals surface area contributed by atoms with E-state index in [1.807, 2.05) is 13.8 Å². The summed E-state index contributed by atoms with van der Waals surface area (Å²) in [5, 5.41) is 6.90. The number of nitrogens with one attached hydrogen (secondary N) is 2. The minimum Gasteiger partial charge on any atom is -0.351 e. The van der Waals surface area contributed by atoms with Crippen molar-refractivity contribution in [1.29, 1.82) is 0 Å². The lowest BCUT2D eigenvalue weighted by Crippen LogP contribution is -2.50. The number of sulfonamides is 1. The summed E-state index contributed by atoms with van der Waals surface area (Å²) in [4.78, 5) is 12.4. The first-order valence-electron chi connectivity index (χ1n) is 8.02. The Balaban J connectivity index is 2.85. The lowest BCUT2D eigenvalue weighted by molar-refractivity contribution is -0.123. The Bertz CT molecular complexity index is 682. The number of carbonyl (C=O) groups is 1. The highest BCUT2D eigenvalue weighted by Crippen LogP contribution is 2.18. The third kappa shape index (κ3) is 5.02. The molecule has 4 N–H and O–H groups in total. The predicted octanol–water partition coefficient (Wildman–Crippen LogP) is 0.193. The van der Waals surface area contributed by atoms with Crippen molar-refractivity contribution in [1.82, 2.24) is 19.8 Å². The number of hydrogen-bond donors (Lipinski definition) is 3. The summed E-state index contributed by atoms with van der Waals surface area (Å²) in [6.07, 6.45) is 0.739. The van der Waals surface area contributed by atoms with E-state index in [9.17, 15) is 13.2 Å². The molecule has 0 fully saturated rings. The van der Waals surface area contributed by atoms with E-state index < -0.39 is 22.0 Å². The van der Waals surface area contributed by atoms with Crippen LogP contribution in [-0.2, 0) is 21.9 Å². The Hall–Kier alpha value is -1.45. The van der Waals surface area contributed by atoms with Gasteiger partial charge in [0.1, 0.15) is 4.90 Å². The number of aromatic nitrogens is 2. The molecule has 24 heavy (non-hydrogen) atoms. The summed E-state index contributed by atoms with van der Waals surface area (Å²) in [7, 11) is -2.16. The molecule has 2 unspecified atom stereocenters. The van der Waals surface area contributed by atoms with E-state index in [1.54, 1.807) is 20.9 Å². The maximum Gasteiger partial charge on any atom is 0.244 e. The van der Waals surface area contributed by atoms with Gasteiger partial charge in [0.15, 0.2) is 0 Å². The number of rotatable bonds is 8. The Kier molecular flexibility index (Phi) is 6.94. The lowest BCUT2D eigenvalue weighted by Gasteiger charge is -2.21. The molecule has 0 aromatic carbocycles. The number of carbonyl (C=O) groups excluding carboxylic acids is 1. The second kappa shape index (κ2) is 8.09. The van der Waals surface area contributed by atoms with Gasteiger partial charge in [0.05, 0.1) is 17.4 Å². The normalized spacial score (nSPS) is 14.7. The van der Waals surface area contributed by atoms with Gasteiger partial charge in [-0.3, -0.25) is 9.48 Å². The van der Waals surface area contributed by atoms with Crippen LogP contribution < -0.4 is 15.8 Å². The summed E-state index contributed by atoms with van der Waals surface area (Å²) in [6.45, 7) is 9.19. The Labute approximate surface area is 144 Å². The lowest BCUT2D eigenvalue weighted by atomic mass is 10.0. The van der Waals surface area contributed by atoms with Crippen LogP contribution in [0.25, 0.3) is 0 Å². The molecular formula is C15H29N5O3S. The predicted molar refractivity (Wildman–Crippen MR) is 92.9 cm³/mol. The average molecular weight is 359 g/mol. The zero-order valence-corrected chi connectivity index (χ0v) is 16.1. The van der Waals surface area contributed by atoms with Gasteiger partial charge >= 0.3 is 0 Å². The van der Waals surface area contributed by atoms with Gasteiger partial charge in [-0.2, -0.15) is 9.82 Å². The van der Waals surface area contributed by atoms with Crippen molar-refractivity contribution in [3.63, 3.8) is 0 Å². The average Bonchev–Trinajstić information content (AvgIpc) is 2.70. The fourth-order valence-electron chi connectivity index (χ4n) is 2.60. The maximum absolute atomic E-state index is 12.6. The summed E-state index contributed by atoms with van der Waals surface area (Å²) >= 11 is 0. The molecule has 9 heteroatoms. The fourth-order valence-corrected chi connectivity index (χ4v) is 4.24. The van der Waals surface area contributed by atoms with Gasteiger partial charge in [-0.1, -0.05) is 13.8 Å². The van der Waals surface area contributed by atoms with Gasteiger partial charge in [-0.05, 0) is 33.1 Å². The Morgan fingerprint density at radius 1 is 1.29 bits per heavy atom. The second-order valence-electron chi connectivity index (χ2n) is 6.54. The molecule has 0 saturated heterocycles. The molecule has 8 nitrogen and oxygen atoms in total. The van der Waals surface area contributed by atoms with Crippen LogP contribution in [0.3, 0.4) is 0 Å². The van der Waals surface area contributed by atoms with E-state index in [-0.39, 0.29) is 10.9 Å². The summed E-state index contributed by atoms with van der Waals surface area (Å²) < 4.78 is 29.0. The van der Waals surface area contributed by atoms with Crippen LogP contribution in [-0.4, -0.2) is 42.7 Å². The molecule has 2 atom stereocenters. The summed E-state index contributed by atoms with van der Waals surface area (Å²) in [5.41, 5.74) is 6.58. The Morgan fingerprint density at radius 3 is 2.29 bits per heavy atom. The SMILES string of the molecule is Cc1nn(C)c(C)c1S(=O)(=O)NC(C)C(=O)NC(CN)CC(C)C. The van der Waals surface area contributed by atoms with E-state index >= 15 is 0 Å². The minimum absolute atomic E-state index is 0.113. The number of nitrogens with zero attached hydrogens (tertiary/aromatic N) is 2. The van der Waals surface area contributed by atoms with Crippen LogP contribution in [0.15, 0.2) is 4.90 Å². The van der Waals surface area contributed by atoms with Crippen LogP contribution in [0.4, 0.5) is 0 Å². The highest BCUT2D eigenvalue weighted by atomic mass is 32.2. The number of nitrogens with two attached hydrogens (primary N) is 1. The molecule has 138 valence electrons. The van der Waals surface area contributed by atoms with Gasteiger partial charge in [-0.15, -0.1) is 0 Å². The fraction of sp³-hybridized carbons (Fsp3) is 0.733. The number of aryl methyl sites for hydroxylation is 2. The molecule has 0 aliphatic heterocycles. The molecule has 1 heterocycles. The molecule has 0 bridgehead atoms. The van der Waals surface area contributed by atoms with E-state index in [0.29, 0.717) is 23.9 Å². The molecule has 1 aromatic heterocycles. The van der Waals surface area contributed by atoms with Crippen molar-refractivity contribution >= 4 is 15.9 Å². The summed E-state index contributed by atoms with van der Waals surface area (Å²) in [6, 6.07) is -1.08. The van der Waals surface area contributed by atoms with E-state index in [1.165, 1.54) is 11.6 Å². The first-order valence-corrected chi connectivity index (χ1v) is 9.50. The standard InChI is InChI=1S/C15H29N5O3S/c1-9(2)7-13(8-16)17-15(21)11(4)19-24(22,23)14-10(3)18-20(6)12(14)5/h9,11,13,19H,7-8,16H2,1-6H3,(H,17,21). The topological polar surface area (TPSA) is 119 Å². The molecule has 0 saturated carbocycles. The molecule has 0 radical (unpaired) electrons. The first kappa shape index (κ1) is 20.6. The highest BCUT2D eigenvalue weighted by molar-refractivity contribution is 7.89. The van der Waals surface area contributed by atoms with Crippen molar-refractivity contribution < 1.29 is 13.2 Å². The molecule has 0 aliphatic carbocycles. The molecule has 0 spiro atoms. The zero-order chi connectivity index (χ0) is 18.7. The largest absolute Gasteiger partial charge is 0.351 e. The van der Waals surface area contributed by atoms with Gasteiger partial charge in [0, 0.05) is 19.6 Å². The van der Waals surface area contributed by atoms with Crippen LogP contribution in [0, 0.1) is 19.8 Å². The number of amides is 1. The van der Waals surface area contributed by atoms with Gasteiger partial charge in [0.2, 0.25) is 15.9 Å². The van der Waals surface area contributed by atoms with Crippen molar-refractivity contribution in [2.45, 2.75) is 58.0 Å². The van der Waals surface area contributed by atoms with E-state index in [0.717, 1.165) is 6.42 Å². The monoisotopic (exact) mass is 359 g/mol. The van der Waals surface area contributed by atoms with Crippen molar-refractivity contribution in [3.05, 3.63) is 11.4 Å². The third-order valence-electron chi connectivity index (χ3n) is 3.82. The smallest absolute Gasteiger partial charge is 0.244 e. The minimum atomic E-state index is -3.84. The molecule has 1 amide bonds. The van der Waals surface area contributed by atoms with E-state index in [4.69, 9.17) is 5.73 Å². The molecule has 1 rings (SSSR count). The third-order valence-corrected chi connectivity index (χ3v) is 5.62. The quantitative estimate of drug-likeness (QED) is 0.612. The molecule has 1 aromatic rings. The summed E-state index contributed by atoms with van der Waals surface area (Å²) in [5.74, 6) is -0.0135. The first-order chi connectivity index (χ1) is 11.0. The van der Waals surface area contributed by atoms with Crippen molar-refractivity contribution in [3.8, 4) is 0 Å². The molecular weight excluding hydrogens is 330 g/mol. The van der Waals surface area contributed by atoms with Crippen LogP contribution in [0.2, 0.25) is 0 Å². The highest BCUT2D eigenvalue weighted by Gasteiger charge is 2.28. The van der Waals surface area contributed by atoms with E-state index in [2.05, 4.69) is 15.1 Å². The van der Waals surface area contributed by atoms with Gasteiger partial charge in [0.25, 0.3) is 0 Å². The maximum atomic E-state index is 12.6. The van der Waals surface area contributed by atoms with Crippen LogP contribution in [0.1, 0.15) is 38.6 Å². The van der Waals surface area contributed by atoms with Crippen molar-refractivity contribution in [2.24, 2.45) is 18.7 Å². The zero-order valence-electron chi connectivity index (χ0n) is 15.3. The van der Waals surface area contributed by atoms with Crippen LogP contribution >= 0.6 is 0 Å². The molecule has 0 aliphatic rings. The van der Waals surface area contributed by atoms with Gasteiger partial charge < -0.3 is 11.1 Å². The van der Waals surface area contributed by atoms with Gasteiger partial charge in [-0.25, -0.2) is 8.42 Å². The Morgan fingerprint density at radius 2 is 1.88 bits per heavy atom. The second-order valence-corrected chi connectivity index (χ2v) is 8.19.